The van der Waals surface area contributed by atoms with E-state index >= 15 is 0 Å². The normalized spacial score (nSPS) is 10.6. The average Bonchev–Trinajstić information content (AvgIpc) is 2.99. The van der Waals surface area contributed by atoms with Crippen molar-refractivity contribution in [1.29, 1.82) is 0 Å². The number of hydrogen-bond acceptors (Lipinski definition) is 5. The molecule has 0 radical (unpaired) electrons. The number of rotatable bonds is 3. The SMILES string of the molecule is CNc1nc(-c2cccs2)nc2ccc(OC)cc12. The Bertz CT molecular complexity index is 710. The van der Waals surface area contributed by atoms with Crippen LogP contribution < -0.4 is 10.1 Å². The standard InChI is InChI=1S/C14H13N3OS/c1-15-13-10-8-9(18-2)5-6-11(10)16-14(17-13)12-4-3-7-19-12/h3-8H,1-2H3,(H,15,16,17). The highest BCUT2D eigenvalue weighted by molar-refractivity contribution is 7.13. The van der Waals surface area contributed by atoms with E-state index in [0.717, 1.165) is 33.2 Å². The van der Waals surface area contributed by atoms with Gasteiger partial charge in [-0.05, 0) is 29.6 Å². The zero-order chi connectivity index (χ0) is 13.2. The lowest BCUT2D eigenvalue weighted by molar-refractivity contribution is 0.415. The maximum Gasteiger partial charge on any atom is 0.172 e. The summed E-state index contributed by atoms with van der Waals surface area (Å²) < 4.78 is 5.24. The lowest BCUT2D eigenvalue weighted by Gasteiger charge is -2.08. The van der Waals surface area contributed by atoms with Gasteiger partial charge in [-0.15, -0.1) is 11.3 Å². The third kappa shape index (κ3) is 2.13. The molecule has 0 amide bonds. The van der Waals surface area contributed by atoms with Gasteiger partial charge >= 0.3 is 0 Å². The molecule has 0 bridgehead atoms. The van der Waals surface area contributed by atoms with Crippen LogP contribution in [0.1, 0.15) is 0 Å². The lowest BCUT2D eigenvalue weighted by Crippen LogP contribution is -1.98. The van der Waals surface area contributed by atoms with Crippen molar-refractivity contribution in [3.8, 4) is 16.5 Å². The summed E-state index contributed by atoms with van der Waals surface area (Å²) in [5, 5.41) is 6.11. The number of hydrogen-bond donors (Lipinski definition) is 1. The first-order valence-electron chi connectivity index (χ1n) is 5.89. The summed E-state index contributed by atoms with van der Waals surface area (Å²) >= 11 is 1.63. The number of fused-ring (bicyclic) bond motifs is 1. The van der Waals surface area contributed by atoms with Crippen LogP contribution in [0.15, 0.2) is 35.7 Å². The number of ether oxygens (including phenoxy) is 1. The molecule has 0 aliphatic rings. The topological polar surface area (TPSA) is 47.0 Å². The summed E-state index contributed by atoms with van der Waals surface area (Å²) in [6.45, 7) is 0. The molecule has 1 aromatic carbocycles. The van der Waals surface area contributed by atoms with E-state index in [1.807, 2.05) is 42.8 Å². The fourth-order valence-electron chi connectivity index (χ4n) is 1.94. The minimum absolute atomic E-state index is 0.747. The molecule has 3 rings (SSSR count). The van der Waals surface area contributed by atoms with Crippen LogP contribution in [0.5, 0.6) is 5.75 Å². The second kappa shape index (κ2) is 4.85. The molecule has 0 saturated heterocycles. The van der Waals surface area contributed by atoms with Crippen molar-refractivity contribution in [2.24, 2.45) is 0 Å². The summed E-state index contributed by atoms with van der Waals surface area (Å²) in [6.07, 6.45) is 0. The van der Waals surface area contributed by atoms with E-state index in [1.165, 1.54) is 0 Å². The van der Waals surface area contributed by atoms with Crippen molar-refractivity contribution in [2.45, 2.75) is 0 Å². The molecule has 4 nitrogen and oxygen atoms in total. The fraction of sp³-hybridized carbons (Fsp3) is 0.143. The highest BCUT2D eigenvalue weighted by Crippen LogP contribution is 2.29. The number of aromatic nitrogens is 2. The Morgan fingerprint density at radius 2 is 2.11 bits per heavy atom. The summed E-state index contributed by atoms with van der Waals surface area (Å²) in [7, 11) is 3.51. The molecule has 0 unspecified atom stereocenters. The van der Waals surface area contributed by atoms with Gasteiger partial charge in [0.15, 0.2) is 5.82 Å². The van der Waals surface area contributed by atoms with Crippen LogP contribution in [0.4, 0.5) is 5.82 Å². The van der Waals surface area contributed by atoms with Crippen LogP contribution in [0.25, 0.3) is 21.6 Å². The number of nitrogens with one attached hydrogen (secondary N) is 1. The van der Waals surface area contributed by atoms with Crippen LogP contribution in [-0.4, -0.2) is 24.1 Å². The summed E-state index contributed by atoms with van der Waals surface area (Å²) in [4.78, 5) is 10.2. The predicted octanol–water partition coefficient (Wildman–Crippen LogP) is 3.41. The highest BCUT2D eigenvalue weighted by Gasteiger charge is 2.10. The summed E-state index contributed by atoms with van der Waals surface area (Å²) in [6, 6.07) is 9.83. The van der Waals surface area contributed by atoms with Crippen LogP contribution >= 0.6 is 11.3 Å². The van der Waals surface area contributed by atoms with Crippen molar-refractivity contribution < 1.29 is 4.74 Å². The van der Waals surface area contributed by atoms with Crippen molar-refractivity contribution in [3.05, 3.63) is 35.7 Å². The molecule has 0 spiro atoms. The Kier molecular flexibility index (Phi) is 3.05. The molecule has 0 atom stereocenters. The van der Waals surface area contributed by atoms with E-state index in [-0.39, 0.29) is 0 Å². The third-order valence-electron chi connectivity index (χ3n) is 2.88. The van der Waals surface area contributed by atoms with E-state index in [0.29, 0.717) is 0 Å². The molecule has 2 heterocycles. The maximum atomic E-state index is 5.24. The van der Waals surface area contributed by atoms with Gasteiger partial charge in [-0.1, -0.05) is 6.07 Å². The van der Waals surface area contributed by atoms with Gasteiger partial charge in [0.1, 0.15) is 11.6 Å². The molecular weight excluding hydrogens is 258 g/mol. The first kappa shape index (κ1) is 11.9. The Morgan fingerprint density at radius 3 is 2.79 bits per heavy atom. The Hall–Kier alpha value is -2.14. The first-order chi connectivity index (χ1) is 9.31. The molecular formula is C14H13N3OS. The van der Waals surface area contributed by atoms with Crippen LogP contribution in [0, 0.1) is 0 Å². The van der Waals surface area contributed by atoms with Crippen LogP contribution in [-0.2, 0) is 0 Å². The molecule has 1 N–H and O–H groups in total. The second-order valence-electron chi connectivity index (χ2n) is 4.01. The number of anilines is 1. The molecule has 0 fully saturated rings. The van der Waals surface area contributed by atoms with Gasteiger partial charge in [-0.2, -0.15) is 0 Å². The Balaban J connectivity index is 2.24. The Morgan fingerprint density at radius 1 is 1.21 bits per heavy atom. The van der Waals surface area contributed by atoms with Crippen molar-refractivity contribution >= 4 is 28.1 Å². The van der Waals surface area contributed by atoms with Crippen molar-refractivity contribution in [1.82, 2.24) is 9.97 Å². The largest absolute Gasteiger partial charge is 0.497 e. The molecule has 0 aliphatic heterocycles. The maximum absolute atomic E-state index is 5.24. The second-order valence-corrected chi connectivity index (χ2v) is 4.95. The zero-order valence-corrected chi connectivity index (χ0v) is 11.5. The van der Waals surface area contributed by atoms with Gasteiger partial charge < -0.3 is 10.1 Å². The molecule has 96 valence electrons. The van der Waals surface area contributed by atoms with Gasteiger partial charge in [0, 0.05) is 12.4 Å². The van der Waals surface area contributed by atoms with E-state index in [2.05, 4.69) is 15.3 Å². The van der Waals surface area contributed by atoms with E-state index in [4.69, 9.17) is 4.74 Å². The smallest absolute Gasteiger partial charge is 0.172 e. The third-order valence-corrected chi connectivity index (χ3v) is 3.75. The lowest BCUT2D eigenvalue weighted by atomic mass is 10.2. The monoisotopic (exact) mass is 271 g/mol. The highest BCUT2D eigenvalue weighted by atomic mass is 32.1. The minimum atomic E-state index is 0.747. The molecule has 2 aromatic heterocycles. The predicted molar refractivity (Wildman–Crippen MR) is 78.9 cm³/mol. The summed E-state index contributed by atoms with van der Waals surface area (Å²) in [5.74, 6) is 2.36. The molecule has 3 aromatic rings. The molecule has 0 aliphatic carbocycles. The quantitative estimate of drug-likeness (QED) is 0.793. The minimum Gasteiger partial charge on any atom is -0.497 e. The van der Waals surface area contributed by atoms with E-state index in [9.17, 15) is 0 Å². The fourth-order valence-corrected chi connectivity index (χ4v) is 2.60. The Labute approximate surface area is 115 Å². The van der Waals surface area contributed by atoms with Gasteiger partial charge in [-0.3, -0.25) is 0 Å². The summed E-state index contributed by atoms with van der Waals surface area (Å²) in [5.41, 5.74) is 0.906. The van der Waals surface area contributed by atoms with E-state index < -0.39 is 0 Å². The molecule has 19 heavy (non-hydrogen) atoms. The van der Waals surface area contributed by atoms with E-state index in [1.54, 1.807) is 18.4 Å². The van der Waals surface area contributed by atoms with Gasteiger partial charge in [-0.25, -0.2) is 9.97 Å². The first-order valence-corrected chi connectivity index (χ1v) is 6.77. The van der Waals surface area contributed by atoms with Gasteiger partial charge in [0.25, 0.3) is 0 Å². The van der Waals surface area contributed by atoms with Crippen LogP contribution in [0.2, 0.25) is 0 Å². The van der Waals surface area contributed by atoms with Gasteiger partial charge in [0.2, 0.25) is 0 Å². The van der Waals surface area contributed by atoms with Gasteiger partial charge in [0.05, 0.1) is 17.5 Å². The number of benzene rings is 1. The molecule has 0 saturated carbocycles. The average molecular weight is 271 g/mol. The van der Waals surface area contributed by atoms with Crippen molar-refractivity contribution in [3.63, 3.8) is 0 Å². The van der Waals surface area contributed by atoms with Crippen LogP contribution in [0.3, 0.4) is 0 Å². The van der Waals surface area contributed by atoms with Crippen molar-refractivity contribution in [2.75, 3.05) is 19.5 Å². The number of nitrogens with zero attached hydrogens (tertiary/aromatic N) is 2. The number of methoxy groups -OCH3 is 1. The zero-order valence-electron chi connectivity index (χ0n) is 10.7. The molecule has 5 heteroatoms. The number of thiophene rings is 1.